The topological polar surface area (TPSA) is 84.7 Å². The first-order valence-electron chi connectivity index (χ1n) is 11.3. The van der Waals surface area contributed by atoms with Gasteiger partial charge in [-0.15, -0.1) is 0 Å². The summed E-state index contributed by atoms with van der Waals surface area (Å²) in [4.78, 5) is 27.1. The number of piperidine rings is 1. The number of nitrogens with one attached hydrogen (secondary N) is 1. The highest BCUT2D eigenvalue weighted by Crippen LogP contribution is 2.24. The van der Waals surface area contributed by atoms with Crippen molar-refractivity contribution in [3.05, 3.63) is 72.0 Å². The molecule has 7 heteroatoms. The van der Waals surface area contributed by atoms with E-state index in [0.717, 1.165) is 36.1 Å². The molecule has 0 aliphatic carbocycles. The molecule has 2 aromatic carbocycles. The van der Waals surface area contributed by atoms with Gasteiger partial charge >= 0.3 is 0 Å². The summed E-state index contributed by atoms with van der Waals surface area (Å²) in [6.07, 6.45) is 3.12. The fourth-order valence-corrected chi connectivity index (χ4v) is 4.17. The zero-order chi connectivity index (χ0) is 23.0. The first kappa shape index (κ1) is 22.6. The highest BCUT2D eigenvalue weighted by atomic mass is 16.5. The third kappa shape index (κ3) is 6.00. The molecule has 0 saturated carbocycles. The van der Waals surface area contributed by atoms with Gasteiger partial charge in [0.05, 0.1) is 7.11 Å². The average molecular weight is 448 g/mol. The molecule has 2 heterocycles. The Hall–Kier alpha value is -3.61. The Morgan fingerprint density at radius 3 is 2.82 bits per heavy atom. The first-order valence-corrected chi connectivity index (χ1v) is 11.3. The van der Waals surface area contributed by atoms with Crippen LogP contribution in [0.1, 0.15) is 41.8 Å². The Balaban J connectivity index is 1.25. The van der Waals surface area contributed by atoms with E-state index in [0.29, 0.717) is 37.7 Å². The highest BCUT2D eigenvalue weighted by Gasteiger charge is 2.27. The average Bonchev–Trinajstić information content (AvgIpc) is 3.37. The molecule has 33 heavy (non-hydrogen) atoms. The lowest BCUT2D eigenvalue weighted by molar-refractivity contribution is -0.121. The van der Waals surface area contributed by atoms with E-state index in [9.17, 15) is 9.59 Å². The maximum absolute atomic E-state index is 12.9. The number of carbonyl (C=O) groups is 2. The lowest BCUT2D eigenvalue weighted by Crippen LogP contribution is -2.40. The Kier molecular flexibility index (Phi) is 7.40. The second-order valence-electron chi connectivity index (χ2n) is 8.37. The number of hydrogen-bond donors (Lipinski definition) is 1. The van der Waals surface area contributed by atoms with E-state index in [1.807, 2.05) is 59.5 Å². The van der Waals surface area contributed by atoms with E-state index in [4.69, 9.17) is 9.26 Å². The minimum Gasteiger partial charge on any atom is -0.497 e. The van der Waals surface area contributed by atoms with E-state index < -0.39 is 0 Å². The molecule has 0 bridgehead atoms. The lowest BCUT2D eigenvalue weighted by atomic mass is 9.93. The number of aromatic nitrogens is 1. The van der Waals surface area contributed by atoms with Gasteiger partial charge in [-0.25, -0.2) is 0 Å². The third-order valence-electron chi connectivity index (χ3n) is 6.00. The summed E-state index contributed by atoms with van der Waals surface area (Å²) in [6, 6.07) is 19.0. The predicted octanol–water partition coefficient (Wildman–Crippen LogP) is 4.30. The zero-order valence-electron chi connectivity index (χ0n) is 18.8. The quantitative estimate of drug-likeness (QED) is 0.557. The molecule has 3 aromatic rings. The van der Waals surface area contributed by atoms with Crippen LogP contribution in [0.4, 0.5) is 0 Å². The molecule has 1 aromatic heterocycles. The summed E-state index contributed by atoms with van der Waals surface area (Å²) in [5, 5.41) is 7.02. The molecule has 1 atom stereocenters. The van der Waals surface area contributed by atoms with Crippen molar-refractivity contribution in [3.63, 3.8) is 0 Å². The normalized spacial score (nSPS) is 15.8. The third-order valence-corrected chi connectivity index (χ3v) is 6.00. The van der Waals surface area contributed by atoms with E-state index in [1.165, 1.54) is 0 Å². The number of amides is 2. The molecular formula is C26H29N3O4. The molecule has 0 radical (unpaired) electrons. The van der Waals surface area contributed by atoms with Gasteiger partial charge in [0.25, 0.3) is 5.91 Å². The molecule has 172 valence electrons. The van der Waals surface area contributed by atoms with Gasteiger partial charge in [0.1, 0.15) is 11.4 Å². The van der Waals surface area contributed by atoms with Crippen LogP contribution in [0.5, 0.6) is 5.75 Å². The number of ether oxygens (including phenoxy) is 1. The van der Waals surface area contributed by atoms with Crippen LogP contribution in [-0.4, -0.2) is 42.1 Å². The number of hydrogen-bond acceptors (Lipinski definition) is 5. The molecule has 7 nitrogen and oxygen atoms in total. The minimum absolute atomic E-state index is 0.0176. The first-order chi connectivity index (χ1) is 16.1. The monoisotopic (exact) mass is 447 g/mol. The van der Waals surface area contributed by atoms with Gasteiger partial charge in [-0.1, -0.05) is 47.6 Å². The van der Waals surface area contributed by atoms with Crippen molar-refractivity contribution in [2.45, 2.75) is 32.2 Å². The number of carbonyl (C=O) groups excluding carboxylic acids is 2. The van der Waals surface area contributed by atoms with Gasteiger partial charge in [0, 0.05) is 37.7 Å². The number of likely N-dealkylation sites (tertiary alicyclic amines) is 1. The van der Waals surface area contributed by atoms with Crippen molar-refractivity contribution in [2.24, 2.45) is 5.92 Å². The Labute approximate surface area is 193 Å². The summed E-state index contributed by atoms with van der Waals surface area (Å²) in [5.74, 6) is 1.20. The molecule has 0 spiro atoms. The van der Waals surface area contributed by atoms with Crippen molar-refractivity contribution in [1.29, 1.82) is 0 Å². The molecule has 1 fully saturated rings. The predicted molar refractivity (Wildman–Crippen MR) is 125 cm³/mol. The molecule has 1 unspecified atom stereocenters. The second-order valence-corrected chi connectivity index (χ2v) is 8.37. The maximum Gasteiger partial charge on any atom is 0.292 e. The molecule has 2 amide bonds. The fourth-order valence-electron chi connectivity index (χ4n) is 4.17. The Bertz CT molecular complexity index is 1080. The van der Waals surface area contributed by atoms with E-state index >= 15 is 0 Å². The van der Waals surface area contributed by atoms with Gasteiger partial charge in [-0.3, -0.25) is 9.59 Å². The molecule has 4 rings (SSSR count). The highest BCUT2D eigenvalue weighted by molar-refractivity contribution is 5.92. The Morgan fingerprint density at radius 2 is 2.00 bits per heavy atom. The van der Waals surface area contributed by atoms with Gasteiger partial charge in [0.15, 0.2) is 0 Å². The molecule has 1 aliphatic heterocycles. The largest absolute Gasteiger partial charge is 0.497 e. The van der Waals surface area contributed by atoms with Crippen molar-refractivity contribution >= 4 is 11.8 Å². The van der Waals surface area contributed by atoms with Gasteiger partial charge in [-0.2, -0.15) is 0 Å². The summed E-state index contributed by atoms with van der Waals surface area (Å²) < 4.78 is 10.6. The number of benzene rings is 2. The van der Waals surface area contributed by atoms with Crippen LogP contribution in [0.25, 0.3) is 11.3 Å². The van der Waals surface area contributed by atoms with Gasteiger partial charge in [0.2, 0.25) is 11.7 Å². The van der Waals surface area contributed by atoms with E-state index in [1.54, 1.807) is 13.2 Å². The van der Waals surface area contributed by atoms with Crippen molar-refractivity contribution in [3.8, 4) is 17.0 Å². The zero-order valence-corrected chi connectivity index (χ0v) is 18.8. The van der Waals surface area contributed by atoms with E-state index in [2.05, 4.69) is 10.5 Å². The van der Waals surface area contributed by atoms with Crippen LogP contribution in [0.3, 0.4) is 0 Å². The summed E-state index contributed by atoms with van der Waals surface area (Å²) in [5.41, 5.74) is 2.57. The molecule has 1 aliphatic rings. The van der Waals surface area contributed by atoms with E-state index in [-0.39, 0.29) is 17.6 Å². The van der Waals surface area contributed by atoms with Crippen molar-refractivity contribution in [2.75, 3.05) is 20.2 Å². The van der Waals surface area contributed by atoms with Crippen molar-refractivity contribution < 1.29 is 18.8 Å². The lowest BCUT2D eigenvalue weighted by Gasteiger charge is -2.32. The standard InChI is InChI=1S/C26H29N3O4/c1-32-22-11-5-7-20(15-22)17-27-25(30)13-12-19-8-6-14-29(18-19)26(31)24-16-23(28-33-24)21-9-3-2-4-10-21/h2-5,7,9-11,15-16,19H,6,8,12-14,17-18H2,1H3,(H,27,30). The second kappa shape index (κ2) is 10.8. The summed E-state index contributed by atoms with van der Waals surface area (Å²) >= 11 is 0. The molecular weight excluding hydrogens is 418 g/mol. The Morgan fingerprint density at radius 1 is 1.15 bits per heavy atom. The van der Waals surface area contributed by atoms with Crippen molar-refractivity contribution in [1.82, 2.24) is 15.4 Å². The van der Waals surface area contributed by atoms with Crippen LogP contribution >= 0.6 is 0 Å². The van der Waals surface area contributed by atoms with Crippen LogP contribution in [0, 0.1) is 5.92 Å². The summed E-state index contributed by atoms with van der Waals surface area (Å²) in [7, 11) is 1.63. The minimum atomic E-state index is -0.142. The molecule has 1 saturated heterocycles. The maximum atomic E-state index is 12.9. The number of nitrogens with zero attached hydrogens (tertiary/aromatic N) is 2. The van der Waals surface area contributed by atoms with Gasteiger partial charge < -0.3 is 19.5 Å². The van der Waals surface area contributed by atoms with Crippen LogP contribution in [-0.2, 0) is 11.3 Å². The summed E-state index contributed by atoms with van der Waals surface area (Å²) in [6.45, 7) is 1.79. The molecule has 1 N–H and O–H groups in total. The van der Waals surface area contributed by atoms with Crippen LogP contribution < -0.4 is 10.1 Å². The smallest absolute Gasteiger partial charge is 0.292 e. The SMILES string of the molecule is COc1cccc(CNC(=O)CCC2CCCN(C(=O)c3cc(-c4ccccc4)no3)C2)c1. The van der Waals surface area contributed by atoms with Crippen LogP contribution in [0.15, 0.2) is 65.2 Å². The number of rotatable bonds is 8. The van der Waals surface area contributed by atoms with Gasteiger partial charge in [-0.05, 0) is 42.9 Å². The van der Waals surface area contributed by atoms with Crippen LogP contribution in [0.2, 0.25) is 0 Å². The number of methoxy groups -OCH3 is 1. The fraction of sp³-hybridized carbons (Fsp3) is 0.346.